The molecule has 21 heteroatoms. The number of esters is 2. The van der Waals surface area contributed by atoms with Gasteiger partial charge in [-0.3, -0.25) is 28.1 Å². The summed E-state index contributed by atoms with van der Waals surface area (Å²) in [5.41, 5.74) is 8.54. The van der Waals surface area contributed by atoms with E-state index in [2.05, 4.69) is 30.2 Å². The molecule has 0 aliphatic rings. The fourth-order valence-electron chi connectivity index (χ4n) is 8.92. The highest BCUT2D eigenvalue weighted by atomic mass is 16.6. The molecule has 0 unspecified atom stereocenters. The summed E-state index contributed by atoms with van der Waals surface area (Å²) >= 11 is 0. The fraction of sp³-hybridized carbons (Fsp3) is 0.145. The number of carbonyl (C=O) groups is 2. The Balaban J connectivity index is 0.800. The number of imidazole rings is 2. The van der Waals surface area contributed by atoms with E-state index in [4.69, 9.17) is 36.8 Å². The molecule has 2 N–H and O–H groups in total. The lowest BCUT2D eigenvalue weighted by atomic mass is 9.98. The molecule has 0 aliphatic heterocycles. The number of aromatic nitrogens is 8. The van der Waals surface area contributed by atoms with Gasteiger partial charge in [0.2, 0.25) is 0 Å². The second-order valence-electron chi connectivity index (χ2n) is 17.0. The smallest absolute Gasteiger partial charge is 0.465 e. The van der Waals surface area contributed by atoms with Gasteiger partial charge in [-0.1, -0.05) is 120 Å². The maximum atomic E-state index is 14.0. The van der Waals surface area contributed by atoms with E-state index in [-0.39, 0.29) is 47.8 Å². The Morgan fingerprint density at radius 3 is 1.30 bits per heavy atom. The Bertz CT molecular complexity index is 3850. The normalized spacial score (nSPS) is 11.3. The standard InChI is InChI=1S/C55H42N8O13/c1-3-69-51-56-41-17-9-15-39(45(41)62(51)27-31-19-23-33(24-20-31)35-11-5-7-13-37(35)47-58-53(66)75-60-47)49(64)71-29-43-44(74-55(68)73-43)30-72-50(65)40-16-10-18-42-46(40)63(52(57-42)70-4-2)28-32-21-25-34(26-22-32)36-12-6-8-14-38(36)48-59-54(67)76-61-48/h5-26H,3-4,27-30H2,1-2H3,(H,58,60,66)(H,59,61,67). The molecular weight excluding hydrogens is 981 g/mol. The number of hydrogen-bond donors (Lipinski definition) is 2. The summed E-state index contributed by atoms with van der Waals surface area (Å²) in [4.78, 5) is 78.5. The van der Waals surface area contributed by atoms with Gasteiger partial charge in [-0.25, -0.2) is 24.0 Å². The highest BCUT2D eigenvalue weighted by Crippen LogP contribution is 2.34. The van der Waals surface area contributed by atoms with Gasteiger partial charge in [0.1, 0.15) is 0 Å². The number of rotatable bonds is 18. The number of nitrogens with one attached hydrogen (secondary N) is 2. The topological polar surface area (TPSA) is 268 Å². The van der Waals surface area contributed by atoms with Crippen LogP contribution in [0.2, 0.25) is 0 Å². The number of nitrogens with zero attached hydrogens (tertiary/aromatic N) is 6. The van der Waals surface area contributed by atoms with Crippen molar-refractivity contribution in [3.63, 3.8) is 0 Å². The van der Waals surface area contributed by atoms with Gasteiger partial charge >= 0.3 is 29.3 Å². The molecule has 380 valence electrons. The Hall–Kier alpha value is -10.3. The number of para-hydroxylation sites is 2. The number of ether oxygens (including phenoxy) is 4. The predicted molar refractivity (Wildman–Crippen MR) is 271 cm³/mol. The van der Waals surface area contributed by atoms with Gasteiger partial charge in [-0.15, -0.1) is 0 Å². The van der Waals surface area contributed by atoms with Crippen LogP contribution in [0, 0.1) is 0 Å². The maximum absolute atomic E-state index is 14.0. The quantitative estimate of drug-likeness (QED) is 0.0762. The summed E-state index contributed by atoms with van der Waals surface area (Å²) in [6.45, 7) is 3.66. The van der Waals surface area contributed by atoms with Crippen molar-refractivity contribution in [1.29, 1.82) is 0 Å². The second kappa shape index (κ2) is 20.7. The van der Waals surface area contributed by atoms with E-state index in [0.29, 0.717) is 58.1 Å². The number of hydrogen-bond acceptors (Lipinski definition) is 17. The van der Waals surface area contributed by atoms with Crippen LogP contribution in [0.25, 0.3) is 67.1 Å². The van der Waals surface area contributed by atoms with Crippen molar-refractivity contribution in [3.8, 4) is 57.1 Å². The molecule has 0 bridgehead atoms. The summed E-state index contributed by atoms with van der Waals surface area (Å²) in [6, 6.07) is 40.9. The zero-order chi connectivity index (χ0) is 52.3. The van der Waals surface area contributed by atoms with Crippen LogP contribution < -0.4 is 26.8 Å². The van der Waals surface area contributed by atoms with Crippen molar-refractivity contribution < 1.29 is 46.4 Å². The lowest BCUT2D eigenvalue weighted by molar-refractivity contribution is 0.0402. The number of fused-ring (bicyclic) bond motifs is 2. The molecule has 0 saturated carbocycles. The Morgan fingerprint density at radius 1 is 0.513 bits per heavy atom. The van der Waals surface area contributed by atoms with Crippen LogP contribution in [0.3, 0.4) is 0 Å². The summed E-state index contributed by atoms with van der Waals surface area (Å²) in [7, 11) is 0. The number of aromatic amines is 2. The van der Waals surface area contributed by atoms with Crippen molar-refractivity contribution in [3.05, 3.63) is 199 Å². The van der Waals surface area contributed by atoms with Crippen LogP contribution in [-0.4, -0.2) is 64.5 Å². The first kappa shape index (κ1) is 48.0. The summed E-state index contributed by atoms with van der Waals surface area (Å²) in [5, 5.41) is 7.72. The first-order valence-electron chi connectivity index (χ1n) is 23.8. The summed E-state index contributed by atoms with van der Waals surface area (Å²) in [5.74, 6) is -3.67. The van der Waals surface area contributed by atoms with Gasteiger partial charge in [0.25, 0.3) is 12.0 Å². The first-order valence-corrected chi connectivity index (χ1v) is 23.8. The van der Waals surface area contributed by atoms with Gasteiger partial charge in [-0.2, -0.15) is 9.97 Å². The first-order chi connectivity index (χ1) is 37.1. The van der Waals surface area contributed by atoms with E-state index in [1.54, 1.807) is 45.5 Å². The van der Waals surface area contributed by atoms with Gasteiger partial charge < -0.3 is 27.8 Å². The zero-order valence-corrected chi connectivity index (χ0v) is 40.4. The highest BCUT2D eigenvalue weighted by Gasteiger charge is 2.25. The molecule has 11 rings (SSSR count). The molecule has 21 nitrogen and oxygen atoms in total. The minimum absolute atomic E-state index is 0.154. The minimum Gasteiger partial charge on any atom is -0.465 e. The van der Waals surface area contributed by atoms with Crippen molar-refractivity contribution in [2.24, 2.45) is 0 Å². The fourth-order valence-corrected chi connectivity index (χ4v) is 8.92. The Morgan fingerprint density at radius 2 is 0.921 bits per heavy atom. The van der Waals surface area contributed by atoms with Crippen LogP contribution in [0.5, 0.6) is 12.0 Å². The van der Waals surface area contributed by atoms with E-state index in [9.17, 15) is 24.0 Å². The molecule has 5 aromatic heterocycles. The Labute approximate surface area is 427 Å². The summed E-state index contributed by atoms with van der Waals surface area (Å²) in [6.07, 6.45) is 0. The van der Waals surface area contributed by atoms with Crippen LogP contribution in [0.1, 0.15) is 57.2 Å². The monoisotopic (exact) mass is 1020 g/mol. The molecule has 0 amide bonds. The molecule has 5 heterocycles. The molecule has 6 aromatic carbocycles. The average Bonchev–Trinajstić information content (AvgIpc) is 4.35. The lowest BCUT2D eigenvalue weighted by Gasteiger charge is -2.13. The van der Waals surface area contributed by atoms with Crippen LogP contribution >= 0.6 is 0 Å². The largest absolute Gasteiger partial charge is 0.519 e. The van der Waals surface area contributed by atoms with E-state index >= 15 is 0 Å². The molecule has 0 atom stereocenters. The van der Waals surface area contributed by atoms with Crippen molar-refractivity contribution in [1.82, 2.24) is 39.4 Å². The minimum atomic E-state index is -1.09. The molecular formula is C55H42N8O13. The van der Waals surface area contributed by atoms with Crippen molar-refractivity contribution >= 4 is 34.0 Å². The third-order valence-electron chi connectivity index (χ3n) is 12.3. The van der Waals surface area contributed by atoms with Crippen LogP contribution in [0.15, 0.2) is 166 Å². The van der Waals surface area contributed by atoms with Gasteiger partial charge in [0.15, 0.2) is 36.4 Å². The van der Waals surface area contributed by atoms with E-state index in [0.717, 1.165) is 33.4 Å². The lowest BCUT2D eigenvalue weighted by Crippen LogP contribution is -2.12. The number of benzene rings is 6. The number of carbonyl (C=O) groups excluding carboxylic acids is 2. The molecule has 0 saturated heterocycles. The van der Waals surface area contributed by atoms with Crippen molar-refractivity contribution in [2.75, 3.05) is 13.2 Å². The third kappa shape index (κ3) is 9.57. The Kier molecular flexibility index (Phi) is 13.0. The maximum Gasteiger partial charge on any atom is 0.519 e. The van der Waals surface area contributed by atoms with E-state index < -0.39 is 42.5 Å². The molecule has 0 aliphatic carbocycles. The van der Waals surface area contributed by atoms with E-state index in [1.807, 2.05) is 111 Å². The molecule has 0 spiro atoms. The molecule has 0 radical (unpaired) electrons. The SMILES string of the molecule is CCOc1nc2cccc(C(=O)OCc3oc(=O)oc3COC(=O)c3cccc4nc(OCC)n(Cc5ccc(-c6ccccc6-c6noc(=O)[nH]6)cc5)c34)c2n1Cc1ccc(-c2ccccc2-c2noc(=O)[nH]2)cc1. The summed E-state index contributed by atoms with van der Waals surface area (Å²) < 4.78 is 47.0. The average molecular weight is 1020 g/mol. The molecule has 0 fully saturated rings. The third-order valence-corrected chi connectivity index (χ3v) is 12.3. The van der Waals surface area contributed by atoms with E-state index in [1.165, 1.54) is 0 Å². The van der Waals surface area contributed by atoms with Crippen LogP contribution in [-0.2, 0) is 35.8 Å². The van der Waals surface area contributed by atoms with Crippen LogP contribution in [0.4, 0.5) is 0 Å². The zero-order valence-electron chi connectivity index (χ0n) is 40.4. The van der Waals surface area contributed by atoms with Gasteiger partial charge in [-0.05, 0) is 71.5 Å². The number of H-pyrrole nitrogens is 2. The second-order valence-corrected chi connectivity index (χ2v) is 17.0. The van der Waals surface area contributed by atoms with Gasteiger partial charge in [0, 0.05) is 11.1 Å². The van der Waals surface area contributed by atoms with Crippen molar-refractivity contribution in [2.45, 2.75) is 40.2 Å². The predicted octanol–water partition coefficient (Wildman–Crippen LogP) is 8.56. The molecule has 11 aromatic rings. The highest BCUT2D eigenvalue weighted by molar-refractivity contribution is 6.03. The molecule has 76 heavy (non-hydrogen) atoms. The van der Waals surface area contributed by atoms with Gasteiger partial charge in [0.05, 0.1) is 59.5 Å².